The van der Waals surface area contributed by atoms with Crippen molar-refractivity contribution < 1.29 is 37.1 Å². The Morgan fingerprint density at radius 1 is 0.889 bits per heavy atom. The minimum atomic E-state index is -3.80. The molecule has 2 aliphatic rings. The molecule has 3 rings (SSSR count). The molecule has 11 nitrogen and oxygen atoms in total. The molecule has 0 aliphatic carbocycles. The standard InChI is InChI=1S/C33H51N3O8S/c1-32(2,3)43-29(38)21-26(23-45(41,42)27-12-8-7-9-13-27)34-30(39)25-11-10-18-36(22-25)28(37)15-14-24-16-19-35(20-17-24)31(40)44-33(4,5)6/h7-9,12-13,24-26H,10-11,14-23H2,1-6H3,(H,34,39)/t25-,26?/m1/s1. The molecule has 0 radical (unpaired) electrons. The summed E-state index contributed by atoms with van der Waals surface area (Å²) in [5.74, 6) is -1.63. The molecule has 1 unspecified atom stereocenters. The van der Waals surface area contributed by atoms with Crippen molar-refractivity contribution in [3.63, 3.8) is 0 Å². The normalized spacial score (nSPS) is 19.0. The monoisotopic (exact) mass is 649 g/mol. The predicted molar refractivity (Wildman–Crippen MR) is 170 cm³/mol. The van der Waals surface area contributed by atoms with Crippen molar-refractivity contribution in [1.29, 1.82) is 0 Å². The maximum Gasteiger partial charge on any atom is 0.410 e. The maximum atomic E-state index is 13.4. The molecule has 0 aromatic heterocycles. The van der Waals surface area contributed by atoms with Gasteiger partial charge in [-0.05, 0) is 91.7 Å². The van der Waals surface area contributed by atoms with E-state index in [1.807, 2.05) is 20.8 Å². The molecular formula is C33H51N3O8S. The fraction of sp³-hybridized carbons (Fsp3) is 0.697. The van der Waals surface area contributed by atoms with Gasteiger partial charge in [0.1, 0.15) is 11.2 Å². The van der Waals surface area contributed by atoms with Crippen LogP contribution in [-0.2, 0) is 33.7 Å². The van der Waals surface area contributed by atoms with Gasteiger partial charge in [-0.15, -0.1) is 0 Å². The summed E-state index contributed by atoms with van der Waals surface area (Å²) in [5.41, 5.74) is -1.30. The summed E-state index contributed by atoms with van der Waals surface area (Å²) in [6, 6.07) is 6.93. The van der Waals surface area contributed by atoms with Crippen molar-refractivity contribution in [3.05, 3.63) is 30.3 Å². The molecule has 1 aromatic rings. The smallest absolute Gasteiger partial charge is 0.410 e. The average molecular weight is 650 g/mol. The number of nitrogens with zero attached hydrogens (tertiary/aromatic N) is 2. The van der Waals surface area contributed by atoms with Crippen LogP contribution in [0.2, 0.25) is 0 Å². The number of hydrogen-bond acceptors (Lipinski definition) is 8. The molecule has 2 fully saturated rings. The van der Waals surface area contributed by atoms with Crippen molar-refractivity contribution in [2.24, 2.45) is 11.8 Å². The van der Waals surface area contributed by atoms with Gasteiger partial charge in [-0.25, -0.2) is 13.2 Å². The molecule has 0 saturated carbocycles. The summed E-state index contributed by atoms with van der Waals surface area (Å²) in [4.78, 5) is 55.1. The number of ether oxygens (including phenoxy) is 2. The van der Waals surface area contributed by atoms with Gasteiger partial charge < -0.3 is 24.6 Å². The largest absolute Gasteiger partial charge is 0.460 e. The van der Waals surface area contributed by atoms with E-state index in [0.717, 1.165) is 12.8 Å². The highest BCUT2D eigenvalue weighted by molar-refractivity contribution is 7.91. The van der Waals surface area contributed by atoms with E-state index in [4.69, 9.17) is 9.47 Å². The second kappa shape index (κ2) is 15.4. The quantitative estimate of drug-likeness (QED) is 0.370. The van der Waals surface area contributed by atoms with Crippen molar-refractivity contribution in [2.75, 3.05) is 31.9 Å². The first kappa shape index (κ1) is 36.3. The topological polar surface area (TPSA) is 139 Å². The van der Waals surface area contributed by atoms with Gasteiger partial charge in [0.25, 0.3) is 0 Å². The Kier molecular flexibility index (Phi) is 12.4. The molecule has 2 aliphatic heterocycles. The van der Waals surface area contributed by atoms with E-state index in [1.165, 1.54) is 12.1 Å². The molecule has 0 bridgehead atoms. The zero-order valence-electron chi connectivity index (χ0n) is 27.7. The van der Waals surface area contributed by atoms with E-state index in [0.29, 0.717) is 51.2 Å². The summed E-state index contributed by atoms with van der Waals surface area (Å²) in [5, 5.41) is 2.80. The van der Waals surface area contributed by atoms with E-state index in [-0.39, 0.29) is 35.8 Å². The van der Waals surface area contributed by atoms with E-state index in [2.05, 4.69) is 5.32 Å². The molecular weight excluding hydrogens is 598 g/mol. The van der Waals surface area contributed by atoms with Gasteiger partial charge in [0.2, 0.25) is 11.8 Å². The van der Waals surface area contributed by atoms with Gasteiger partial charge >= 0.3 is 12.1 Å². The van der Waals surface area contributed by atoms with Crippen LogP contribution in [0.4, 0.5) is 4.79 Å². The lowest BCUT2D eigenvalue weighted by Crippen LogP contribution is -2.49. The minimum Gasteiger partial charge on any atom is -0.460 e. The van der Waals surface area contributed by atoms with Gasteiger partial charge in [-0.2, -0.15) is 0 Å². The van der Waals surface area contributed by atoms with Gasteiger partial charge in [0, 0.05) is 32.6 Å². The van der Waals surface area contributed by atoms with Crippen LogP contribution >= 0.6 is 0 Å². The lowest BCUT2D eigenvalue weighted by atomic mass is 9.91. The third-order valence-electron chi connectivity index (χ3n) is 7.88. The molecule has 2 atom stereocenters. The summed E-state index contributed by atoms with van der Waals surface area (Å²) in [6.07, 6.45) is 3.30. The first-order valence-electron chi connectivity index (χ1n) is 16.0. The van der Waals surface area contributed by atoms with Crippen LogP contribution in [-0.4, -0.2) is 91.3 Å². The fourth-order valence-electron chi connectivity index (χ4n) is 5.68. The van der Waals surface area contributed by atoms with Crippen LogP contribution in [0.3, 0.4) is 0 Å². The third kappa shape index (κ3) is 12.3. The van der Waals surface area contributed by atoms with Crippen molar-refractivity contribution >= 4 is 33.7 Å². The minimum absolute atomic E-state index is 0.0148. The van der Waals surface area contributed by atoms with Crippen LogP contribution in [0.25, 0.3) is 0 Å². The van der Waals surface area contributed by atoms with Gasteiger partial charge in [0.15, 0.2) is 9.84 Å². The maximum absolute atomic E-state index is 13.4. The second-order valence-corrected chi connectivity index (χ2v) is 16.3. The molecule has 45 heavy (non-hydrogen) atoms. The summed E-state index contributed by atoms with van der Waals surface area (Å²) >= 11 is 0. The molecule has 2 heterocycles. The number of piperidine rings is 2. The number of hydrogen-bond donors (Lipinski definition) is 1. The average Bonchev–Trinajstić information content (AvgIpc) is 2.94. The SMILES string of the molecule is CC(C)(C)OC(=O)CC(CS(=O)(=O)c1ccccc1)NC(=O)[C@@H]1CCCN(C(=O)CCC2CCN(C(=O)OC(C)(C)C)CC2)C1. The van der Waals surface area contributed by atoms with Crippen LogP contribution in [0, 0.1) is 11.8 Å². The molecule has 0 spiro atoms. The van der Waals surface area contributed by atoms with E-state index in [1.54, 1.807) is 48.8 Å². The lowest BCUT2D eigenvalue weighted by Gasteiger charge is -2.35. The molecule has 1 N–H and O–H groups in total. The number of amides is 3. The summed E-state index contributed by atoms with van der Waals surface area (Å²) in [7, 11) is -3.80. The summed E-state index contributed by atoms with van der Waals surface area (Å²) < 4.78 is 37.2. The second-order valence-electron chi connectivity index (χ2n) is 14.2. The van der Waals surface area contributed by atoms with Crippen molar-refractivity contribution in [2.45, 2.75) is 109 Å². The van der Waals surface area contributed by atoms with Gasteiger partial charge in [-0.1, -0.05) is 18.2 Å². The Hall–Kier alpha value is -3.15. The van der Waals surface area contributed by atoms with Gasteiger partial charge in [0.05, 0.1) is 29.0 Å². The number of likely N-dealkylation sites (tertiary alicyclic amines) is 2. The first-order valence-corrected chi connectivity index (χ1v) is 17.6. The summed E-state index contributed by atoms with van der Waals surface area (Å²) in [6.45, 7) is 12.7. The Bertz CT molecular complexity index is 1280. The van der Waals surface area contributed by atoms with Crippen LogP contribution in [0.1, 0.15) is 86.5 Å². The molecule has 1 aromatic carbocycles. The fourth-order valence-corrected chi connectivity index (χ4v) is 7.17. The zero-order valence-corrected chi connectivity index (χ0v) is 28.5. The lowest BCUT2D eigenvalue weighted by molar-refractivity contribution is -0.155. The van der Waals surface area contributed by atoms with Crippen LogP contribution < -0.4 is 5.32 Å². The number of carbonyl (C=O) groups is 4. The number of carbonyl (C=O) groups excluding carboxylic acids is 4. The Balaban J connectivity index is 1.55. The molecule has 12 heteroatoms. The van der Waals surface area contributed by atoms with Crippen LogP contribution in [0.5, 0.6) is 0 Å². The Morgan fingerprint density at radius 3 is 2.11 bits per heavy atom. The molecule has 252 valence electrons. The van der Waals surface area contributed by atoms with Crippen molar-refractivity contribution in [3.8, 4) is 0 Å². The number of sulfone groups is 1. The predicted octanol–water partition coefficient (Wildman–Crippen LogP) is 4.34. The zero-order chi connectivity index (χ0) is 33.4. The van der Waals surface area contributed by atoms with Crippen LogP contribution in [0.15, 0.2) is 35.2 Å². The first-order chi connectivity index (χ1) is 20.9. The van der Waals surface area contributed by atoms with E-state index < -0.39 is 44.7 Å². The van der Waals surface area contributed by atoms with E-state index in [9.17, 15) is 27.6 Å². The van der Waals surface area contributed by atoms with Gasteiger partial charge in [-0.3, -0.25) is 14.4 Å². The Labute approximate surface area is 268 Å². The van der Waals surface area contributed by atoms with E-state index >= 15 is 0 Å². The number of esters is 1. The highest BCUT2D eigenvalue weighted by Gasteiger charge is 2.33. The third-order valence-corrected chi connectivity index (χ3v) is 9.71. The highest BCUT2D eigenvalue weighted by atomic mass is 32.2. The number of nitrogens with one attached hydrogen (secondary N) is 1. The highest BCUT2D eigenvalue weighted by Crippen LogP contribution is 2.25. The number of benzene rings is 1. The van der Waals surface area contributed by atoms with Crippen molar-refractivity contribution in [1.82, 2.24) is 15.1 Å². The number of rotatable bonds is 10. The molecule has 3 amide bonds. The Morgan fingerprint density at radius 2 is 1.51 bits per heavy atom. The molecule has 2 saturated heterocycles.